The van der Waals surface area contributed by atoms with E-state index in [4.69, 9.17) is 0 Å². The Labute approximate surface area is 203 Å². The third-order valence-corrected chi connectivity index (χ3v) is 8.61. The van der Waals surface area contributed by atoms with Crippen molar-refractivity contribution in [2.24, 2.45) is 23.7 Å². The van der Waals surface area contributed by atoms with Crippen molar-refractivity contribution in [1.82, 2.24) is 0 Å². The van der Waals surface area contributed by atoms with Gasteiger partial charge in [-0.05, 0) is 54.2 Å². The van der Waals surface area contributed by atoms with E-state index in [0.29, 0.717) is 17.9 Å². The Bertz CT molecular complexity index is 702. The molecule has 2 aliphatic rings. The second-order valence-electron chi connectivity index (χ2n) is 11.2. The molecule has 0 saturated heterocycles. The van der Waals surface area contributed by atoms with Crippen LogP contribution in [0.2, 0.25) is 0 Å². The van der Waals surface area contributed by atoms with E-state index in [1.54, 1.807) is 0 Å². The van der Waals surface area contributed by atoms with Gasteiger partial charge in [0.15, 0.2) is 0 Å². The van der Waals surface area contributed by atoms with E-state index in [-0.39, 0.29) is 0 Å². The molecule has 0 amide bonds. The van der Waals surface area contributed by atoms with Crippen LogP contribution in [-0.4, -0.2) is 0 Å². The Morgan fingerprint density at radius 2 is 1.09 bits per heavy atom. The zero-order valence-electron chi connectivity index (χ0n) is 20.9. The van der Waals surface area contributed by atoms with Crippen LogP contribution in [0.25, 0.3) is 0 Å². The lowest BCUT2D eigenvalue weighted by Gasteiger charge is -2.32. The number of rotatable bonds is 11. The van der Waals surface area contributed by atoms with E-state index in [9.17, 15) is 22.0 Å². The van der Waals surface area contributed by atoms with Crippen LogP contribution in [0.3, 0.4) is 0 Å². The first kappa shape index (κ1) is 27.5. The molecule has 3 rings (SSSR count). The fourth-order valence-corrected chi connectivity index (χ4v) is 6.36. The maximum absolute atomic E-state index is 13.8. The molecule has 5 heteroatoms. The summed E-state index contributed by atoms with van der Waals surface area (Å²) in [6.45, 7) is 2.27. The van der Waals surface area contributed by atoms with Crippen LogP contribution in [0, 0.1) is 35.3 Å². The van der Waals surface area contributed by atoms with Gasteiger partial charge >= 0.3 is 6.18 Å². The zero-order valence-corrected chi connectivity index (χ0v) is 20.9. The first-order valence-electron chi connectivity index (χ1n) is 13.8. The van der Waals surface area contributed by atoms with Crippen LogP contribution in [-0.2, 0) is 12.6 Å². The molecule has 0 radical (unpaired) electrons. The van der Waals surface area contributed by atoms with E-state index < -0.39 is 23.4 Å². The van der Waals surface area contributed by atoms with Crippen molar-refractivity contribution in [1.29, 1.82) is 0 Å². The van der Waals surface area contributed by atoms with Crippen LogP contribution in [0.15, 0.2) is 12.1 Å². The van der Waals surface area contributed by atoms with Crippen LogP contribution < -0.4 is 0 Å². The van der Waals surface area contributed by atoms with Crippen molar-refractivity contribution < 1.29 is 22.0 Å². The second kappa shape index (κ2) is 13.3. The molecule has 0 spiro atoms. The van der Waals surface area contributed by atoms with Crippen molar-refractivity contribution in [3.8, 4) is 0 Å². The highest BCUT2D eigenvalue weighted by Crippen LogP contribution is 2.39. The molecule has 2 saturated carbocycles. The molecule has 1 aromatic carbocycles. The molecule has 0 aromatic heterocycles. The van der Waals surface area contributed by atoms with E-state index in [1.807, 2.05) is 0 Å². The summed E-state index contributed by atoms with van der Waals surface area (Å²) < 4.78 is 65.8. The third kappa shape index (κ3) is 8.52. The van der Waals surface area contributed by atoms with Crippen molar-refractivity contribution in [2.45, 2.75) is 122 Å². The monoisotopic (exact) mass is 486 g/mol. The van der Waals surface area contributed by atoms with Crippen LogP contribution in [0.1, 0.15) is 121 Å². The fraction of sp³-hybridized carbons (Fsp3) is 0.793. The Kier molecular flexibility index (Phi) is 10.7. The van der Waals surface area contributed by atoms with Gasteiger partial charge < -0.3 is 0 Å². The summed E-state index contributed by atoms with van der Waals surface area (Å²) in [5, 5.41) is 0. The normalized spacial score (nSPS) is 26.1. The molecule has 194 valence electrons. The largest absolute Gasteiger partial charge is 0.422 e. The van der Waals surface area contributed by atoms with Gasteiger partial charge in [-0.3, -0.25) is 0 Å². The van der Waals surface area contributed by atoms with Crippen LogP contribution in [0.5, 0.6) is 0 Å². The van der Waals surface area contributed by atoms with Gasteiger partial charge in [-0.2, -0.15) is 13.2 Å². The summed E-state index contributed by atoms with van der Waals surface area (Å²) in [5.41, 5.74) is -1.46. The van der Waals surface area contributed by atoms with Crippen molar-refractivity contribution in [2.75, 3.05) is 0 Å². The Balaban J connectivity index is 1.30. The predicted molar refractivity (Wildman–Crippen MR) is 129 cm³/mol. The van der Waals surface area contributed by atoms with E-state index in [0.717, 1.165) is 49.1 Å². The second-order valence-corrected chi connectivity index (χ2v) is 11.2. The summed E-state index contributed by atoms with van der Waals surface area (Å²) in [6, 6.07) is 1.72. The smallest absolute Gasteiger partial charge is 0.206 e. The molecule has 0 atom stereocenters. The van der Waals surface area contributed by atoms with Gasteiger partial charge in [-0.15, -0.1) is 0 Å². The zero-order chi connectivity index (χ0) is 24.6. The Hall–Kier alpha value is -1.13. The molecule has 0 nitrogen and oxygen atoms in total. The number of unbranched alkanes of at least 4 members (excludes halogenated alkanes) is 3. The molecule has 0 N–H and O–H groups in total. The number of aryl methyl sites for hydroxylation is 1. The lowest BCUT2D eigenvalue weighted by atomic mass is 9.74. The van der Waals surface area contributed by atoms with Gasteiger partial charge in [0.25, 0.3) is 0 Å². The molecule has 0 bridgehead atoms. The molecule has 1 aromatic rings. The first-order valence-corrected chi connectivity index (χ1v) is 13.8. The van der Waals surface area contributed by atoms with Crippen LogP contribution >= 0.6 is 0 Å². The molecule has 2 aliphatic carbocycles. The van der Waals surface area contributed by atoms with Gasteiger partial charge in [0.1, 0.15) is 17.2 Å². The van der Waals surface area contributed by atoms with Crippen molar-refractivity contribution in [3.63, 3.8) is 0 Å². The van der Waals surface area contributed by atoms with Gasteiger partial charge in [0.2, 0.25) is 0 Å². The minimum atomic E-state index is -5.00. The lowest BCUT2D eigenvalue weighted by molar-refractivity contribution is -0.142. The van der Waals surface area contributed by atoms with E-state index >= 15 is 0 Å². The maximum atomic E-state index is 13.8. The number of hydrogen-bond donors (Lipinski definition) is 0. The summed E-state index contributed by atoms with van der Waals surface area (Å²) in [6.07, 6.45) is 16.2. The lowest BCUT2D eigenvalue weighted by Crippen LogP contribution is -2.18. The molecular weight excluding hydrogens is 443 g/mol. The average Bonchev–Trinajstić information content (AvgIpc) is 2.79. The van der Waals surface area contributed by atoms with E-state index in [1.165, 1.54) is 83.5 Å². The van der Waals surface area contributed by atoms with Gasteiger partial charge in [-0.25, -0.2) is 8.78 Å². The molecule has 34 heavy (non-hydrogen) atoms. The Morgan fingerprint density at radius 1 is 0.647 bits per heavy atom. The summed E-state index contributed by atoms with van der Waals surface area (Å²) >= 11 is 0. The number of alkyl halides is 3. The highest BCUT2D eigenvalue weighted by atomic mass is 19.4. The van der Waals surface area contributed by atoms with Gasteiger partial charge in [0, 0.05) is 0 Å². The average molecular weight is 487 g/mol. The highest BCUT2D eigenvalue weighted by molar-refractivity contribution is 5.28. The first-order chi connectivity index (χ1) is 16.3. The van der Waals surface area contributed by atoms with Gasteiger partial charge in [-0.1, -0.05) is 103 Å². The SMILES string of the molecule is CCCCCCC1CCC(CCC2CCC(CCc3cc(F)c(C(F)(F)F)c(F)c3)CC2)CC1. The fourth-order valence-electron chi connectivity index (χ4n) is 6.36. The molecular formula is C29H43F5. The number of halogens is 5. The molecule has 2 fully saturated rings. The topological polar surface area (TPSA) is 0 Å². The molecule has 0 heterocycles. The molecule has 0 unspecified atom stereocenters. The number of benzene rings is 1. The highest BCUT2D eigenvalue weighted by Gasteiger charge is 2.38. The summed E-state index contributed by atoms with van der Waals surface area (Å²) in [7, 11) is 0. The number of hydrogen-bond acceptors (Lipinski definition) is 0. The van der Waals surface area contributed by atoms with Crippen molar-refractivity contribution in [3.05, 3.63) is 34.9 Å². The van der Waals surface area contributed by atoms with E-state index in [2.05, 4.69) is 6.92 Å². The summed E-state index contributed by atoms with van der Waals surface area (Å²) in [4.78, 5) is 0. The quantitative estimate of drug-likeness (QED) is 0.216. The van der Waals surface area contributed by atoms with Gasteiger partial charge in [0.05, 0.1) is 0 Å². The minimum absolute atomic E-state index is 0.325. The maximum Gasteiger partial charge on any atom is 0.422 e. The standard InChI is InChI=1S/C29H43F5/c1-2-3-4-5-6-21-7-9-22(10-8-21)11-12-23-13-15-24(16-14-23)17-18-25-19-26(30)28(27(31)20-25)29(32,33)34/h19-24H,2-18H2,1H3. The minimum Gasteiger partial charge on any atom is -0.206 e. The molecule has 0 aliphatic heterocycles. The third-order valence-electron chi connectivity index (χ3n) is 8.61. The predicted octanol–water partition coefficient (Wildman–Crippen LogP) is 10.3. The summed E-state index contributed by atoms with van der Waals surface area (Å²) in [5.74, 6) is 0.175. The van der Waals surface area contributed by atoms with Crippen LogP contribution in [0.4, 0.5) is 22.0 Å². The van der Waals surface area contributed by atoms with Crippen molar-refractivity contribution >= 4 is 0 Å². The Morgan fingerprint density at radius 3 is 1.53 bits per heavy atom.